The highest BCUT2D eigenvalue weighted by atomic mass is 16.6. The number of hydrogen-bond acceptors (Lipinski definition) is 5. The van der Waals surface area contributed by atoms with Crippen LogP contribution in [0.5, 0.6) is 17.2 Å². The van der Waals surface area contributed by atoms with Gasteiger partial charge >= 0.3 is 0 Å². The van der Waals surface area contributed by atoms with Gasteiger partial charge in [-0.05, 0) is 44.5 Å². The van der Waals surface area contributed by atoms with E-state index in [-0.39, 0.29) is 23.9 Å². The lowest BCUT2D eigenvalue weighted by molar-refractivity contribution is -0.131. The number of nitrogens with one attached hydrogen (secondary N) is 1. The second kappa shape index (κ2) is 8.12. The molecule has 0 unspecified atom stereocenters. The molecule has 26 heavy (non-hydrogen) atoms. The number of hydrogen-bond donors (Lipinski definition) is 1. The third-order valence-electron chi connectivity index (χ3n) is 3.54. The average Bonchev–Trinajstić information content (AvgIpc) is 2.56. The lowest BCUT2D eigenvalue weighted by atomic mass is 10.1. The van der Waals surface area contributed by atoms with Crippen LogP contribution < -0.4 is 19.5 Å². The molecule has 1 aromatic carbocycles. The van der Waals surface area contributed by atoms with Crippen LogP contribution in [-0.2, 0) is 9.59 Å². The normalized spacial score (nSPS) is 13.4. The van der Waals surface area contributed by atoms with Crippen LogP contribution in [0.15, 0.2) is 18.2 Å². The SMILES string of the molecule is COc1cc(/C=C/C(=O)N(C)CC(=O)NC(C)(C)C)cc2c1OCCO2. The van der Waals surface area contributed by atoms with E-state index in [0.717, 1.165) is 5.56 Å². The molecule has 1 aromatic rings. The van der Waals surface area contributed by atoms with Crippen molar-refractivity contribution in [1.82, 2.24) is 10.2 Å². The molecule has 7 nitrogen and oxygen atoms in total. The zero-order valence-electron chi connectivity index (χ0n) is 15.9. The van der Waals surface area contributed by atoms with Crippen molar-refractivity contribution < 1.29 is 23.8 Å². The minimum Gasteiger partial charge on any atom is -0.493 e. The molecule has 0 fully saturated rings. The number of amides is 2. The van der Waals surface area contributed by atoms with E-state index in [1.807, 2.05) is 20.8 Å². The van der Waals surface area contributed by atoms with E-state index >= 15 is 0 Å². The van der Waals surface area contributed by atoms with Crippen LogP contribution >= 0.6 is 0 Å². The van der Waals surface area contributed by atoms with E-state index in [0.29, 0.717) is 30.5 Å². The summed E-state index contributed by atoms with van der Waals surface area (Å²) >= 11 is 0. The fourth-order valence-electron chi connectivity index (χ4n) is 2.44. The molecule has 7 heteroatoms. The van der Waals surface area contributed by atoms with Gasteiger partial charge in [0.25, 0.3) is 0 Å². The number of nitrogens with zero attached hydrogens (tertiary/aromatic N) is 1. The molecule has 1 aliphatic rings. The maximum Gasteiger partial charge on any atom is 0.246 e. The summed E-state index contributed by atoms with van der Waals surface area (Å²) in [7, 11) is 3.13. The van der Waals surface area contributed by atoms with Gasteiger partial charge in [-0.1, -0.05) is 0 Å². The first kappa shape index (κ1) is 19.6. The molecule has 0 spiro atoms. The zero-order chi connectivity index (χ0) is 19.3. The molecule has 1 heterocycles. The summed E-state index contributed by atoms with van der Waals surface area (Å²) in [5, 5.41) is 2.82. The van der Waals surface area contributed by atoms with Gasteiger partial charge in [0.05, 0.1) is 13.7 Å². The number of benzene rings is 1. The molecule has 0 aromatic heterocycles. The van der Waals surface area contributed by atoms with Gasteiger partial charge in [-0.25, -0.2) is 0 Å². The number of fused-ring (bicyclic) bond motifs is 1. The summed E-state index contributed by atoms with van der Waals surface area (Å²) in [6.07, 6.45) is 3.07. The molecule has 2 rings (SSSR count). The average molecular weight is 362 g/mol. The molecule has 0 saturated heterocycles. The number of ether oxygens (including phenoxy) is 3. The predicted octanol–water partition coefficient (Wildman–Crippen LogP) is 1.85. The number of likely N-dealkylation sites (N-methyl/N-ethyl adjacent to an activating group) is 1. The molecular weight excluding hydrogens is 336 g/mol. The van der Waals surface area contributed by atoms with Gasteiger partial charge in [0, 0.05) is 18.7 Å². The van der Waals surface area contributed by atoms with Crippen molar-refractivity contribution in [1.29, 1.82) is 0 Å². The van der Waals surface area contributed by atoms with Gasteiger partial charge < -0.3 is 24.4 Å². The van der Waals surface area contributed by atoms with Crippen molar-refractivity contribution in [3.63, 3.8) is 0 Å². The van der Waals surface area contributed by atoms with E-state index in [4.69, 9.17) is 14.2 Å². The van der Waals surface area contributed by atoms with Crippen molar-refractivity contribution in [2.45, 2.75) is 26.3 Å². The Hall–Kier alpha value is -2.70. The van der Waals surface area contributed by atoms with Crippen LogP contribution in [0.4, 0.5) is 0 Å². The summed E-state index contributed by atoms with van der Waals surface area (Å²) in [5.74, 6) is 1.22. The standard InChI is InChI=1S/C19H26N2O5/c1-19(2,3)20-16(22)12-21(4)17(23)7-6-13-10-14(24-5)18-15(11-13)25-8-9-26-18/h6-7,10-11H,8-9,12H2,1-5H3,(H,20,22)/b7-6+. The highest BCUT2D eigenvalue weighted by molar-refractivity contribution is 5.94. The molecule has 1 N–H and O–H groups in total. The van der Waals surface area contributed by atoms with Crippen LogP contribution in [-0.4, -0.2) is 56.2 Å². The Kier molecular flexibility index (Phi) is 6.13. The molecule has 2 amide bonds. The molecule has 1 aliphatic heterocycles. The summed E-state index contributed by atoms with van der Waals surface area (Å²) in [4.78, 5) is 25.5. The fraction of sp³-hybridized carbons (Fsp3) is 0.474. The molecule has 0 atom stereocenters. The zero-order valence-corrected chi connectivity index (χ0v) is 15.9. The second-order valence-electron chi connectivity index (χ2n) is 7.07. The Morgan fingerprint density at radius 1 is 1.27 bits per heavy atom. The van der Waals surface area contributed by atoms with E-state index in [1.54, 1.807) is 32.4 Å². The first-order valence-electron chi connectivity index (χ1n) is 8.41. The number of rotatable bonds is 5. The van der Waals surface area contributed by atoms with Crippen molar-refractivity contribution in [3.8, 4) is 17.2 Å². The van der Waals surface area contributed by atoms with E-state index in [9.17, 15) is 9.59 Å². The monoisotopic (exact) mass is 362 g/mol. The van der Waals surface area contributed by atoms with Crippen molar-refractivity contribution in [3.05, 3.63) is 23.8 Å². The largest absolute Gasteiger partial charge is 0.493 e. The summed E-state index contributed by atoms with van der Waals surface area (Å²) in [6, 6.07) is 3.55. The molecule has 0 bridgehead atoms. The summed E-state index contributed by atoms with van der Waals surface area (Å²) in [5.41, 5.74) is 0.408. The van der Waals surface area contributed by atoms with Crippen LogP contribution in [0.2, 0.25) is 0 Å². The van der Waals surface area contributed by atoms with Crippen molar-refractivity contribution in [2.75, 3.05) is 33.9 Å². The van der Waals surface area contributed by atoms with Gasteiger partial charge in [-0.15, -0.1) is 0 Å². The van der Waals surface area contributed by atoms with Gasteiger partial charge in [0.2, 0.25) is 17.6 Å². The minimum atomic E-state index is -0.335. The van der Waals surface area contributed by atoms with E-state index in [2.05, 4.69) is 5.32 Å². The third-order valence-corrected chi connectivity index (χ3v) is 3.54. The maximum absolute atomic E-state index is 12.2. The van der Waals surface area contributed by atoms with Crippen LogP contribution in [0.1, 0.15) is 26.3 Å². The van der Waals surface area contributed by atoms with Crippen molar-refractivity contribution >= 4 is 17.9 Å². The molecule has 0 aliphatic carbocycles. The molecule has 142 valence electrons. The highest BCUT2D eigenvalue weighted by Crippen LogP contribution is 2.40. The van der Waals surface area contributed by atoms with Crippen LogP contribution in [0, 0.1) is 0 Å². The number of carbonyl (C=O) groups is 2. The third kappa shape index (κ3) is 5.40. The Bertz CT molecular complexity index is 689. The van der Waals surface area contributed by atoms with Gasteiger partial charge in [-0.3, -0.25) is 9.59 Å². The highest BCUT2D eigenvalue weighted by Gasteiger charge is 2.19. The Morgan fingerprint density at radius 3 is 2.62 bits per heavy atom. The van der Waals surface area contributed by atoms with E-state index in [1.165, 1.54) is 11.0 Å². The Labute approximate surface area is 153 Å². The Morgan fingerprint density at radius 2 is 1.96 bits per heavy atom. The molecule has 0 radical (unpaired) electrons. The quantitative estimate of drug-likeness (QED) is 0.809. The molecule has 0 saturated carbocycles. The topological polar surface area (TPSA) is 77.1 Å². The molecular formula is C19H26N2O5. The van der Waals surface area contributed by atoms with E-state index < -0.39 is 0 Å². The summed E-state index contributed by atoms with van der Waals surface area (Å²) < 4.78 is 16.4. The lowest BCUT2D eigenvalue weighted by Gasteiger charge is -2.23. The lowest BCUT2D eigenvalue weighted by Crippen LogP contribution is -2.46. The minimum absolute atomic E-state index is 0.00902. The van der Waals surface area contributed by atoms with Crippen molar-refractivity contribution in [2.24, 2.45) is 0 Å². The smallest absolute Gasteiger partial charge is 0.246 e. The maximum atomic E-state index is 12.2. The van der Waals surface area contributed by atoms with Crippen LogP contribution in [0.3, 0.4) is 0 Å². The van der Waals surface area contributed by atoms with Crippen LogP contribution in [0.25, 0.3) is 6.08 Å². The number of carbonyl (C=O) groups excluding carboxylic acids is 2. The predicted molar refractivity (Wildman–Crippen MR) is 98.6 cm³/mol. The van der Waals surface area contributed by atoms with Gasteiger partial charge in [0.15, 0.2) is 11.5 Å². The van der Waals surface area contributed by atoms with Gasteiger partial charge in [0.1, 0.15) is 13.2 Å². The summed E-state index contributed by atoms with van der Waals surface area (Å²) in [6.45, 7) is 6.60. The first-order chi connectivity index (χ1) is 12.2. The Balaban J connectivity index is 2.04. The first-order valence-corrected chi connectivity index (χ1v) is 8.41. The second-order valence-corrected chi connectivity index (χ2v) is 7.07. The number of methoxy groups -OCH3 is 1. The fourth-order valence-corrected chi connectivity index (χ4v) is 2.44. The van der Waals surface area contributed by atoms with Gasteiger partial charge in [-0.2, -0.15) is 0 Å².